The summed E-state index contributed by atoms with van der Waals surface area (Å²) in [5.74, 6) is -1.31. The van der Waals surface area contributed by atoms with E-state index in [4.69, 9.17) is 4.74 Å². The number of aliphatic hydroxyl groups excluding tert-OH is 1. The fraction of sp³-hybridized carbons (Fsp3) is 0.381. The number of anilines is 1. The van der Waals surface area contributed by atoms with Crippen molar-refractivity contribution >= 4 is 11.6 Å². The number of fused-ring (bicyclic) bond motifs is 1. The molecule has 0 aliphatic carbocycles. The number of nitrogens with one attached hydrogen (secondary N) is 1. The van der Waals surface area contributed by atoms with Gasteiger partial charge in [0.1, 0.15) is 23.1 Å². The summed E-state index contributed by atoms with van der Waals surface area (Å²) in [5.41, 5.74) is 0.938. The molecule has 0 spiro atoms. The van der Waals surface area contributed by atoms with Crippen LogP contribution in [0.4, 0.5) is 14.5 Å². The van der Waals surface area contributed by atoms with E-state index in [0.717, 1.165) is 6.07 Å². The van der Waals surface area contributed by atoms with Crippen LogP contribution in [0.2, 0.25) is 0 Å². The van der Waals surface area contributed by atoms with Crippen molar-refractivity contribution in [2.45, 2.75) is 39.2 Å². The van der Waals surface area contributed by atoms with Gasteiger partial charge in [-0.25, -0.2) is 8.78 Å². The molecule has 3 N–H and O–H groups in total. The number of aromatic hydroxyl groups is 1. The molecule has 1 amide bonds. The van der Waals surface area contributed by atoms with Crippen molar-refractivity contribution in [3.8, 4) is 11.5 Å². The van der Waals surface area contributed by atoms with Crippen LogP contribution in [0.25, 0.3) is 0 Å². The Bertz CT molecular complexity index is 878. The highest BCUT2D eigenvalue weighted by Crippen LogP contribution is 2.41. The zero-order valence-corrected chi connectivity index (χ0v) is 15.8. The van der Waals surface area contributed by atoms with Crippen molar-refractivity contribution in [2.75, 3.05) is 11.9 Å². The molecular weight excluding hydrogens is 368 g/mol. The summed E-state index contributed by atoms with van der Waals surface area (Å²) in [4.78, 5) is 11.5. The minimum absolute atomic E-state index is 0.0897. The number of halogens is 2. The number of hydrogen-bond donors (Lipinski definition) is 3. The SMILES string of the molecule is CC(C)(CC[C@H](O)c1cc(O)cc2c1OCC(=O)N2)Cc1cc(F)cc(F)c1. The van der Waals surface area contributed by atoms with Crippen LogP contribution in [-0.2, 0) is 11.2 Å². The first kappa shape index (κ1) is 20.1. The summed E-state index contributed by atoms with van der Waals surface area (Å²) >= 11 is 0. The van der Waals surface area contributed by atoms with Gasteiger partial charge in [-0.05, 0) is 48.4 Å². The average molecular weight is 391 g/mol. The average Bonchev–Trinajstić information content (AvgIpc) is 2.57. The standard InChI is InChI=1S/C21H23F2NO4/c1-21(2,10-12-5-13(22)7-14(23)6-12)4-3-18(26)16-8-15(25)9-17-20(16)28-11-19(27)24-17/h5-9,18,25-26H,3-4,10-11H2,1-2H3,(H,24,27)/t18-/m0/s1. The van der Waals surface area contributed by atoms with Gasteiger partial charge in [0.15, 0.2) is 6.61 Å². The highest BCUT2D eigenvalue weighted by molar-refractivity contribution is 5.96. The molecule has 0 aromatic heterocycles. The first-order valence-electron chi connectivity index (χ1n) is 9.05. The summed E-state index contributed by atoms with van der Waals surface area (Å²) in [5, 5.41) is 23.2. The molecule has 2 aromatic rings. The molecular formula is C21H23F2NO4. The van der Waals surface area contributed by atoms with Crippen LogP contribution >= 0.6 is 0 Å². The number of phenolic OH excluding ortho intramolecular Hbond substituents is 1. The third-order valence-electron chi connectivity index (χ3n) is 4.78. The molecule has 150 valence electrons. The highest BCUT2D eigenvalue weighted by Gasteiger charge is 2.26. The fourth-order valence-corrected chi connectivity index (χ4v) is 3.50. The van der Waals surface area contributed by atoms with Crippen LogP contribution in [-0.4, -0.2) is 22.7 Å². The predicted molar refractivity (Wildman–Crippen MR) is 100 cm³/mol. The maximum absolute atomic E-state index is 13.4. The van der Waals surface area contributed by atoms with E-state index in [1.165, 1.54) is 24.3 Å². The highest BCUT2D eigenvalue weighted by atomic mass is 19.1. The Morgan fingerprint density at radius 3 is 2.54 bits per heavy atom. The van der Waals surface area contributed by atoms with E-state index in [9.17, 15) is 23.8 Å². The minimum Gasteiger partial charge on any atom is -0.508 e. The van der Waals surface area contributed by atoms with Gasteiger partial charge < -0.3 is 20.3 Å². The van der Waals surface area contributed by atoms with Gasteiger partial charge in [-0.3, -0.25) is 4.79 Å². The number of benzene rings is 2. The molecule has 2 aromatic carbocycles. The molecule has 0 radical (unpaired) electrons. The molecule has 3 rings (SSSR count). The lowest BCUT2D eigenvalue weighted by molar-refractivity contribution is -0.118. The second-order valence-corrected chi connectivity index (χ2v) is 7.92. The number of rotatable bonds is 6. The van der Waals surface area contributed by atoms with Crippen LogP contribution in [0.5, 0.6) is 11.5 Å². The molecule has 1 heterocycles. The van der Waals surface area contributed by atoms with Crippen LogP contribution in [0.1, 0.15) is 43.9 Å². The Morgan fingerprint density at radius 1 is 1.18 bits per heavy atom. The molecule has 1 aliphatic heterocycles. The molecule has 5 nitrogen and oxygen atoms in total. The first-order chi connectivity index (χ1) is 13.1. The topological polar surface area (TPSA) is 78.8 Å². The van der Waals surface area contributed by atoms with E-state index >= 15 is 0 Å². The Labute approximate surface area is 162 Å². The van der Waals surface area contributed by atoms with Gasteiger partial charge in [0, 0.05) is 17.7 Å². The number of carbonyl (C=O) groups is 1. The van der Waals surface area contributed by atoms with Gasteiger partial charge in [-0.1, -0.05) is 13.8 Å². The maximum Gasteiger partial charge on any atom is 0.262 e. The smallest absolute Gasteiger partial charge is 0.262 e. The van der Waals surface area contributed by atoms with E-state index in [0.29, 0.717) is 41.8 Å². The molecule has 0 unspecified atom stereocenters. The van der Waals surface area contributed by atoms with Gasteiger partial charge in [0.05, 0.1) is 11.8 Å². The Kier molecular flexibility index (Phi) is 5.56. The van der Waals surface area contributed by atoms with E-state index in [1.807, 2.05) is 13.8 Å². The van der Waals surface area contributed by atoms with Gasteiger partial charge in [-0.15, -0.1) is 0 Å². The number of ether oxygens (including phenoxy) is 1. The lowest BCUT2D eigenvalue weighted by Gasteiger charge is -2.28. The molecule has 0 bridgehead atoms. The van der Waals surface area contributed by atoms with Crippen molar-refractivity contribution in [3.63, 3.8) is 0 Å². The van der Waals surface area contributed by atoms with Crippen molar-refractivity contribution in [2.24, 2.45) is 5.41 Å². The van der Waals surface area contributed by atoms with E-state index < -0.39 is 17.7 Å². The summed E-state index contributed by atoms with van der Waals surface area (Å²) < 4.78 is 32.3. The fourth-order valence-electron chi connectivity index (χ4n) is 3.50. The van der Waals surface area contributed by atoms with E-state index in [2.05, 4.69) is 5.32 Å². The van der Waals surface area contributed by atoms with Crippen molar-refractivity contribution in [1.82, 2.24) is 0 Å². The minimum atomic E-state index is -0.931. The molecule has 1 atom stereocenters. The molecule has 0 saturated heterocycles. The summed E-state index contributed by atoms with van der Waals surface area (Å²) in [7, 11) is 0. The quantitative estimate of drug-likeness (QED) is 0.693. The molecule has 28 heavy (non-hydrogen) atoms. The number of hydrogen-bond acceptors (Lipinski definition) is 4. The molecule has 1 aliphatic rings. The van der Waals surface area contributed by atoms with Crippen LogP contribution in [0, 0.1) is 17.0 Å². The number of aliphatic hydroxyl groups is 1. The van der Waals surface area contributed by atoms with Crippen molar-refractivity contribution in [3.05, 3.63) is 53.1 Å². The van der Waals surface area contributed by atoms with Crippen LogP contribution in [0.15, 0.2) is 30.3 Å². The van der Waals surface area contributed by atoms with Gasteiger partial charge >= 0.3 is 0 Å². The zero-order valence-electron chi connectivity index (χ0n) is 15.8. The molecule has 7 heteroatoms. The van der Waals surface area contributed by atoms with E-state index in [-0.39, 0.29) is 23.7 Å². The number of phenols is 1. The Balaban J connectivity index is 1.71. The second-order valence-electron chi connectivity index (χ2n) is 7.92. The lowest BCUT2D eigenvalue weighted by Crippen LogP contribution is -2.26. The zero-order chi connectivity index (χ0) is 20.5. The van der Waals surface area contributed by atoms with E-state index in [1.54, 1.807) is 0 Å². The summed E-state index contributed by atoms with van der Waals surface area (Å²) in [6.45, 7) is 3.75. The van der Waals surface area contributed by atoms with Crippen molar-refractivity contribution < 1.29 is 28.5 Å². The Hall–Kier alpha value is -2.67. The monoisotopic (exact) mass is 391 g/mol. The number of amides is 1. The van der Waals surface area contributed by atoms with Crippen LogP contribution < -0.4 is 10.1 Å². The third kappa shape index (κ3) is 4.78. The molecule has 0 saturated carbocycles. The Morgan fingerprint density at radius 2 is 1.86 bits per heavy atom. The van der Waals surface area contributed by atoms with Gasteiger partial charge in [0.25, 0.3) is 5.91 Å². The van der Waals surface area contributed by atoms with Crippen LogP contribution in [0.3, 0.4) is 0 Å². The lowest BCUT2D eigenvalue weighted by atomic mass is 9.80. The second kappa shape index (κ2) is 7.75. The normalized spacial score (nSPS) is 14.8. The predicted octanol–water partition coefficient (Wildman–Crippen LogP) is 4.08. The first-order valence-corrected chi connectivity index (χ1v) is 9.05. The number of carbonyl (C=O) groups excluding carboxylic acids is 1. The largest absolute Gasteiger partial charge is 0.508 e. The summed E-state index contributed by atoms with van der Waals surface area (Å²) in [6.07, 6.45) is 0.416. The maximum atomic E-state index is 13.4. The summed E-state index contributed by atoms with van der Waals surface area (Å²) in [6, 6.07) is 6.23. The van der Waals surface area contributed by atoms with Gasteiger partial charge in [0.2, 0.25) is 0 Å². The van der Waals surface area contributed by atoms with Gasteiger partial charge in [-0.2, -0.15) is 0 Å². The third-order valence-corrected chi connectivity index (χ3v) is 4.78. The van der Waals surface area contributed by atoms with Crippen molar-refractivity contribution in [1.29, 1.82) is 0 Å². The molecule has 0 fully saturated rings.